The average Bonchev–Trinajstić information content (AvgIpc) is 3.20. The van der Waals surface area contributed by atoms with E-state index >= 15 is 0 Å². The van der Waals surface area contributed by atoms with Gasteiger partial charge in [0.05, 0.1) is 22.3 Å². The Hall–Kier alpha value is -2.40. The molecule has 7 nitrogen and oxygen atoms in total. The third kappa shape index (κ3) is 3.69. The molecule has 27 heavy (non-hydrogen) atoms. The van der Waals surface area contributed by atoms with Crippen molar-refractivity contribution >= 4 is 21.9 Å². The van der Waals surface area contributed by atoms with E-state index in [1.165, 1.54) is 0 Å². The summed E-state index contributed by atoms with van der Waals surface area (Å²) in [4.78, 5) is 23.4. The number of benzene rings is 1. The fourth-order valence-corrected chi connectivity index (χ4v) is 4.35. The molecule has 3 rings (SSSR count). The molecular formula is C16H15F3N2O5S. The number of halogens is 3. The van der Waals surface area contributed by atoms with Crippen LogP contribution in [0.1, 0.15) is 12.0 Å². The highest BCUT2D eigenvalue weighted by molar-refractivity contribution is 7.86. The zero-order valence-electron chi connectivity index (χ0n) is 13.6. The maximum absolute atomic E-state index is 12.5. The lowest BCUT2D eigenvalue weighted by atomic mass is 9.82. The number of rotatable bonds is 5. The van der Waals surface area contributed by atoms with Crippen molar-refractivity contribution in [2.75, 3.05) is 0 Å². The lowest BCUT2D eigenvalue weighted by Gasteiger charge is -2.24. The molecule has 4 unspecified atom stereocenters. The van der Waals surface area contributed by atoms with E-state index in [1.807, 2.05) is 0 Å². The van der Waals surface area contributed by atoms with Gasteiger partial charge in [0.1, 0.15) is 0 Å². The summed E-state index contributed by atoms with van der Waals surface area (Å²) in [6.45, 7) is 0. The highest BCUT2D eigenvalue weighted by Crippen LogP contribution is 2.47. The minimum Gasteiger partial charge on any atom is -0.369 e. The second kappa shape index (κ2) is 6.64. The standard InChI is InChI=1S/C16H15F3N2O5S/c17-16(18,19)10-3-5-11(6-4-10)27(24,25)26-21-15(23)13-9-2-1-8(7-9)12(13)14(20)22/h1-6,8-9,12-13H,7H2,(H2,20,22)(H,21,23). The van der Waals surface area contributed by atoms with E-state index < -0.39 is 50.4 Å². The predicted octanol–water partition coefficient (Wildman–Crippen LogP) is 1.37. The van der Waals surface area contributed by atoms with Crippen LogP contribution in [0.15, 0.2) is 41.3 Å². The van der Waals surface area contributed by atoms with Crippen LogP contribution >= 0.6 is 0 Å². The molecular weight excluding hydrogens is 389 g/mol. The third-order valence-corrected chi connectivity index (χ3v) is 5.97. The number of hydroxylamine groups is 1. The minimum absolute atomic E-state index is 0.185. The Balaban J connectivity index is 1.69. The largest absolute Gasteiger partial charge is 0.416 e. The van der Waals surface area contributed by atoms with Crippen LogP contribution in [0.4, 0.5) is 13.2 Å². The molecule has 0 saturated heterocycles. The lowest BCUT2D eigenvalue weighted by molar-refractivity contribution is -0.138. The first-order valence-electron chi connectivity index (χ1n) is 7.89. The van der Waals surface area contributed by atoms with Gasteiger partial charge in [-0.05, 0) is 42.5 Å². The monoisotopic (exact) mass is 404 g/mol. The van der Waals surface area contributed by atoms with Gasteiger partial charge < -0.3 is 5.73 Å². The second-order valence-electron chi connectivity index (χ2n) is 6.43. The zero-order valence-corrected chi connectivity index (χ0v) is 14.5. The summed E-state index contributed by atoms with van der Waals surface area (Å²) in [6, 6.07) is 2.61. The molecule has 0 spiro atoms. The molecule has 0 aromatic heterocycles. The molecule has 0 heterocycles. The van der Waals surface area contributed by atoms with Crippen LogP contribution in [0, 0.1) is 23.7 Å². The van der Waals surface area contributed by atoms with Crippen LogP contribution in [0.25, 0.3) is 0 Å². The van der Waals surface area contributed by atoms with E-state index in [9.17, 15) is 31.2 Å². The molecule has 2 amide bonds. The van der Waals surface area contributed by atoms with Crippen molar-refractivity contribution in [3.8, 4) is 0 Å². The summed E-state index contributed by atoms with van der Waals surface area (Å²) in [7, 11) is -4.53. The van der Waals surface area contributed by atoms with Gasteiger partial charge in [0.2, 0.25) is 11.8 Å². The smallest absolute Gasteiger partial charge is 0.369 e. The molecule has 1 aromatic rings. The quantitative estimate of drug-likeness (QED) is 0.568. The maximum Gasteiger partial charge on any atom is 0.416 e. The molecule has 4 atom stereocenters. The van der Waals surface area contributed by atoms with Crippen LogP contribution in [0.2, 0.25) is 0 Å². The summed E-state index contributed by atoms with van der Waals surface area (Å²) < 4.78 is 66.2. The molecule has 0 radical (unpaired) electrons. The van der Waals surface area contributed by atoms with Gasteiger partial charge >= 0.3 is 16.3 Å². The Morgan fingerprint density at radius 2 is 1.63 bits per heavy atom. The van der Waals surface area contributed by atoms with Crippen LogP contribution in [0.5, 0.6) is 0 Å². The number of hydrogen-bond acceptors (Lipinski definition) is 5. The molecule has 0 aliphatic heterocycles. The van der Waals surface area contributed by atoms with Crippen molar-refractivity contribution < 1.29 is 35.5 Å². The number of carbonyl (C=O) groups excluding carboxylic acids is 2. The molecule has 146 valence electrons. The van der Waals surface area contributed by atoms with Crippen molar-refractivity contribution in [2.24, 2.45) is 29.4 Å². The number of alkyl halides is 3. The molecule has 1 fully saturated rings. The van der Waals surface area contributed by atoms with E-state index in [0.717, 1.165) is 12.1 Å². The molecule has 2 aliphatic carbocycles. The van der Waals surface area contributed by atoms with Gasteiger partial charge in [0, 0.05) is 0 Å². The molecule has 2 aliphatic rings. The first kappa shape index (κ1) is 19.4. The van der Waals surface area contributed by atoms with Crippen LogP contribution in [0.3, 0.4) is 0 Å². The van der Waals surface area contributed by atoms with Crippen molar-refractivity contribution in [2.45, 2.75) is 17.5 Å². The number of fused-ring (bicyclic) bond motifs is 2. The van der Waals surface area contributed by atoms with E-state index in [4.69, 9.17) is 5.73 Å². The van der Waals surface area contributed by atoms with Crippen LogP contribution < -0.4 is 11.2 Å². The Bertz CT molecular complexity index is 896. The number of amides is 2. The normalized spacial score (nSPS) is 26.9. The number of allylic oxidation sites excluding steroid dienone is 2. The van der Waals surface area contributed by atoms with Gasteiger partial charge in [0.15, 0.2) is 0 Å². The number of primary amides is 1. The average molecular weight is 404 g/mol. The zero-order chi connectivity index (χ0) is 20.0. The highest BCUT2D eigenvalue weighted by Gasteiger charge is 2.51. The van der Waals surface area contributed by atoms with Crippen LogP contribution in [-0.4, -0.2) is 20.2 Å². The predicted molar refractivity (Wildman–Crippen MR) is 84.8 cm³/mol. The fourth-order valence-electron chi connectivity index (χ4n) is 3.59. The number of nitrogens with two attached hydrogens (primary N) is 1. The molecule has 2 bridgehead atoms. The highest BCUT2D eigenvalue weighted by atomic mass is 32.2. The molecule has 1 aromatic carbocycles. The summed E-state index contributed by atoms with van der Waals surface area (Å²) >= 11 is 0. The lowest BCUT2D eigenvalue weighted by Crippen LogP contribution is -2.42. The number of nitrogens with one attached hydrogen (secondary N) is 1. The Kier molecular flexibility index (Phi) is 4.76. The summed E-state index contributed by atoms with van der Waals surface area (Å²) in [6.07, 6.45) is -0.504. The topological polar surface area (TPSA) is 116 Å². The van der Waals surface area contributed by atoms with Gasteiger partial charge in [-0.3, -0.25) is 9.59 Å². The van der Waals surface area contributed by atoms with Crippen molar-refractivity contribution in [3.63, 3.8) is 0 Å². The van der Waals surface area contributed by atoms with Gasteiger partial charge in [0.25, 0.3) is 0 Å². The van der Waals surface area contributed by atoms with Gasteiger partial charge in [-0.1, -0.05) is 12.2 Å². The van der Waals surface area contributed by atoms with E-state index in [2.05, 4.69) is 4.28 Å². The first-order chi connectivity index (χ1) is 12.5. The van der Waals surface area contributed by atoms with Crippen molar-refractivity contribution in [1.82, 2.24) is 5.48 Å². The first-order valence-corrected chi connectivity index (χ1v) is 9.30. The van der Waals surface area contributed by atoms with Gasteiger partial charge in [-0.15, -0.1) is 4.28 Å². The van der Waals surface area contributed by atoms with Gasteiger partial charge in [-0.25, -0.2) is 5.48 Å². The van der Waals surface area contributed by atoms with Crippen molar-refractivity contribution in [1.29, 1.82) is 0 Å². The number of hydrogen-bond donors (Lipinski definition) is 2. The Morgan fingerprint density at radius 3 is 2.15 bits per heavy atom. The second-order valence-corrected chi connectivity index (χ2v) is 7.97. The van der Waals surface area contributed by atoms with Crippen molar-refractivity contribution in [3.05, 3.63) is 42.0 Å². The van der Waals surface area contributed by atoms with E-state index in [-0.39, 0.29) is 11.8 Å². The summed E-state index contributed by atoms with van der Waals surface area (Å²) in [5, 5.41) is 0. The number of carbonyl (C=O) groups is 2. The fraction of sp³-hybridized carbons (Fsp3) is 0.375. The SMILES string of the molecule is NC(=O)C1C2C=CC(C2)C1C(=O)NOS(=O)(=O)c1ccc(C(F)(F)F)cc1. The maximum atomic E-state index is 12.5. The summed E-state index contributed by atoms with van der Waals surface area (Å²) in [5.41, 5.74) is 6.09. The molecule has 3 N–H and O–H groups in total. The van der Waals surface area contributed by atoms with Crippen LogP contribution in [-0.2, 0) is 30.2 Å². The summed E-state index contributed by atoms with van der Waals surface area (Å²) in [5.74, 6) is -3.57. The molecule has 11 heteroatoms. The van der Waals surface area contributed by atoms with E-state index in [0.29, 0.717) is 18.6 Å². The minimum atomic E-state index is -4.61. The third-order valence-electron chi connectivity index (χ3n) is 4.81. The van der Waals surface area contributed by atoms with Gasteiger partial charge in [-0.2, -0.15) is 21.6 Å². The van der Waals surface area contributed by atoms with E-state index in [1.54, 1.807) is 17.6 Å². The Morgan fingerprint density at radius 1 is 1.07 bits per heavy atom. The Labute approximate surface area is 152 Å². The molecule has 1 saturated carbocycles.